The molecule has 0 spiro atoms. The number of nitrogens with zero attached hydrogens (tertiary/aromatic N) is 4. The first-order valence-electron chi connectivity index (χ1n) is 10.1. The van der Waals surface area contributed by atoms with E-state index in [1.165, 1.54) is 31.8 Å². The van der Waals surface area contributed by atoms with Gasteiger partial charge in [0.2, 0.25) is 0 Å². The number of hydrazone groups is 1. The van der Waals surface area contributed by atoms with Crippen molar-refractivity contribution in [1.82, 2.24) is 9.97 Å². The van der Waals surface area contributed by atoms with Crippen LogP contribution in [0.4, 0.5) is 11.5 Å². The second kappa shape index (κ2) is 9.12. The summed E-state index contributed by atoms with van der Waals surface area (Å²) in [5, 5.41) is 18.3. The molecular weight excluding hydrogens is 454 g/mol. The fourth-order valence-electron chi connectivity index (χ4n) is 3.51. The molecule has 168 valence electrons. The number of furan rings is 1. The zero-order valence-electron chi connectivity index (χ0n) is 17.8. The van der Waals surface area contributed by atoms with Crippen molar-refractivity contribution < 1.29 is 14.1 Å². The Labute approximate surface area is 197 Å². The number of fused-ring (bicyclic) bond motifs is 1. The Morgan fingerprint density at radius 3 is 2.76 bits per heavy atom. The molecule has 3 aromatic heterocycles. The lowest BCUT2D eigenvalue weighted by molar-refractivity contribution is -0.384. The second-order valence-corrected chi connectivity index (χ2v) is 7.99. The third kappa shape index (κ3) is 4.09. The van der Waals surface area contributed by atoms with Gasteiger partial charge < -0.3 is 9.15 Å². The number of anilines is 1. The van der Waals surface area contributed by atoms with Crippen LogP contribution in [0.3, 0.4) is 0 Å². The van der Waals surface area contributed by atoms with Crippen LogP contribution in [0.5, 0.6) is 5.75 Å². The van der Waals surface area contributed by atoms with Gasteiger partial charge in [0.25, 0.3) is 5.69 Å². The quantitative estimate of drug-likeness (QED) is 0.176. The van der Waals surface area contributed by atoms with Gasteiger partial charge in [-0.3, -0.25) is 15.5 Å². The number of benzene rings is 2. The van der Waals surface area contributed by atoms with Crippen LogP contribution in [-0.4, -0.2) is 28.2 Å². The number of nitrogens with one attached hydrogen (secondary N) is 1. The van der Waals surface area contributed by atoms with Gasteiger partial charge in [-0.1, -0.05) is 30.3 Å². The molecule has 3 heterocycles. The molecule has 5 rings (SSSR count). The minimum absolute atomic E-state index is 0.0578. The zero-order chi connectivity index (χ0) is 23.5. The zero-order valence-corrected chi connectivity index (χ0v) is 18.7. The summed E-state index contributed by atoms with van der Waals surface area (Å²) in [4.78, 5) is 20.1. The number of nitro groups is 1. The van der Waals surface area contributed by atoms with E-state index in [1.54, 1.807) is 29.5 Å². The summed E-state index contributed by atoms with van der Waals surface area (Å²) in [5.41, 5.74) is 5.64. The Morgan fingerprint density at radius 2 is 1.97 bits per heavy atom. The molecule has 1 N–H and O–H groups in total. The number of nitro benzene ring substituents is 1. The Bertz CT molecular complexity index is 1510. The predicted molar refractivity (Wildman–Crippen MR) is 131 cm³/mol. The van der Waals surface area contributed by atoms with Crippen molar-refractivity contribution in [3.05, 3.63) is 88.2 Å². The second-order valence-electron chi connectivity index (χ2n) is 7.13. The number of hydrogen-bond donors (Lipinski definition) is 1. The summed E-state index contributed by atoms with van der Waals surface area (Å²) >= 11 is 1.54. The monoisotopic (exact) mass is 471 g/mol. The number of rotatable bonds is 7. The van der Waals surface area contributed by atoms with E-state index in [4.69, 9.17) is 9.15 Å². The van der Waals surface area contributed by atoms with E-state index in [1.807, 2.05) is 30.3 Å². The number of non-ortho nitro benzene ring substituents is 1. The standard InChI is InChI=1S/C24H17N5O4S/c1-32-21-11-16(29(30)31)7-9-18(21)20-10-8-17(33-20)12-27-28-23-22-19(15-5-3-2-4-6-15)13-34-24(22)26-14-25-23/h2-14H,1H3,(H,25,26,28). The normalized spacial score (nSPS) is 11.2. The fourth-order valence-corrected chi connectivity index (χ4v) is 4.43. The van der Waals surface area contributed by atoms with Crippen molar-refractivity contribution in [1.29, 1.82) is 0 Å². The van der Waals surface area contributed by atoms with E-state index >= 15 is 0 Å². The van der Waals surface area contributed by atoms with Crippen molar-refractivity contribution in [3.63, 3.8) is 0 Å². The van der Waals surface area contributed by atoms with E-state index in [9.17, 15) is 10.1 Å². The average molecular weight is 471 g/mol. The maximum atomic E-state index is 11.0. The first-order chi connectivity index (χ1) is 16.6. The molecule has 0 bridgehead atoms. The first-order valence-corrected chi connectivity index (χ1v) is 11.0. The van der Waals surface area contributed by atoms with Gasteiger partial charge >= 0.3 is 0 Å². The largest absolute Gasteiger partial charge is 0.496 e. The van der Waals surface area contributed by atoms with Gasteiger partial charge in [-0.2, -0.15) is 5.10 Å². The molecule has 0 saturated carbocycles. The number of ether oxygens (including phenoxy) is 1. The molecule has 0 unspecified atom stereocenters. The predicted octanol–water partition coefficient (Wildman–Crippen LogP) is 5.98. The molecule has 0 aliphatic heterocycles. The van der Waals surface area contributed by atoms with Crippen LogP contribution >= 0.6 is 11.3 Å². The van der Waals surface area contributed by atoms with Crippen molar-refractivity contribution in [3.8, 4) is 28.2 Å². The maximum Gasteiger partial charge on any atom is 0.273 e. The summed E-state index contributed by atoms with van der Waals surface area (Å²) in [6.45, 7) is 0. The Morgan fingerprint density at radius 1 is 1.12 bits per heavy atom. The van der Waals surface area contributed by atoms with Crippen LogP contribution in [0, 0.1) is 10.1 Å². The van der Waals surface area contributed by atoms with E-state index in [0.29, 0.717) is 28.7 Å². The van der Waals surface area contributed by atoms with Gasteiger partial charge in [0, 0.05) is 17.0 Å². The summed E-state index contributed by atoms with van der Waals surface area (Å²) < 4.78 is 11.1. The topological polar surface area (TPSA) is 116 Å². The lowest BCUT2D eigenvalue weighted by Gasteiger charge is -2.05. The van der Waals surface area contributed by atoms with E-state index in [2.05, 4.69) is 25.9 Å². The average Bonchev–Trinajstić information content (AvgIpc) is 3.52. The maximum absolute atomic E-state index is 11.0. The molecule has 0 fully saturated rings. The highest BCUT2D eigenvalue weighted by atomic mass is 32.1. The summed E-state index contributed by atoms with van der Waals surface area (Å²) in [7, 11) is 1.45. The van der Waals surface area contributed by atoms with E-state index < -0.39 is 4.92 Å². The lowest BCUT2D eigenvalue weighted by atomic mass is 10.1. The van der Waals surface area contributed by atoms with Gasteiger partial charge in [0.15, 0.2) is 5.82 Å². The van der Waals surface area contributed by atoms with Crippen LogP contribution in [0.1, 0.15) is 5.76 Å². The van der Waals surface area contributed by atoms with Crippen LogP contribution in [0.15, 0.2) is 81.9 Å². The van der Waals surface area contributed by atoms with E-state index in [0.717, 1.165) is 21.3 Å². The smallest absolute Gasteiger partial charge is 0.273 e. The molecule has 2 aromatic carbocycles. The summed E-state index contributed by atoms with van der Waals surface area (Å²) in [6.07, 6.45) is 3.03. The van der Waals surface area contributed by atoms with Crippen LogP contribution in [-0.2, 0) is 0 Å². The van der Waals surface area contributed by atoms with Crippen LogP contribution in [0.25, 0.3) is 32.7 Å². The molecule has 0 radical (unpaired) electrons. The SMILES string of the molecule is COc1cc([N+](=O)[O-])ccc1-c1ccc(C=NNc2ncnc3scc(-c4ccccc4)c23)o1. The van der Waals surface area contributed by atoms with Gasteiger partial charge in [0.1, 0.15) is 28.4 Å². The van der Waals surface area contributed by atoms with Crippen LogP contribution in [0.2, 0.25) is 0 Å². The molecule has 0 aliphatic carbocycles. The fraction of sp³-hybridized carbons (Fsp3) is 0.0417. The van der Waals surface area contributed by atoms with E-state index in [-0.39, 0.29) is 5.69 Å². The molecule has 5 aromatic rings. The lowest BCUT2D eigenvalue weighted by Crippen LogP contribution is -1.95. The van der Waals surface area contributed by atoms with Crippen molar-refractivity contribution in [2.75, 3.05) is 12.5 Å². The van der Waals surface area contributed by atoms with Crippen LogP contribution < -0.4 is 10.2 Å². The van der Waals surface area contributed by atoms with Gasteiger partial charge in [-0.05, 0) is 23.8 Å². The highest BCUT2D eigenvalue weighted by Crippen LogP contribution is 2.36. The molecule has 10 heteroatoms. The van der Waals surface area contributed by atoms with Gasteiger partial charge in [0.05, 0.1) is 35.3 Å². The first kappa shape index (κ1) is 21.3. The van der Waals surface area contributed by atoms with Gasteiger partial charge in [-0.25, -0.2) is 9.97 Å². The van der Waals surface area contributed by atoms with Crippen molar-refractivity contribution in [2.24, 2.45) is 5.10 Å². The third-order valence-electron chi connectivity index (χ3n) is 5.11. The van der Waals surface area contributed by atoms with Gasteiger partial charge in [-0.15, -0.1) is 11.3 Å². The molecule has 0 aliphatic rings. The van der Waals surface area contributed by atoms with Crippen molar-refractivity contribution in [2.45, 2.75) is 0 Å². The minimum atomic E-state index is -0.473. The summed E-state index contributed by atoms with van der Waals surface area (Å²) in [6, 6.07) is 17.9. The Balaban J connectivity index is 1.39. The van der Waals surface area contributed by atoms with Crippen molar-refractivity contribution >= 4 is 39.3 Å². The molecule has 0 saturated heterocycles. The highest BCUT2D eigenvalue weighted by Gasteiger charge is 2.15. The minimum Gasteiger partial charge on any atom is -0.496 e. The number of thiophene rings is 1. The number of aromatic nitrogens is 2. The Kier molecular flexibility index (Phi) is 5.71. The Hall–Kier alpha value is -4.57. The summed E-state index contributed by atoms with van der Waals surface area (Å²) in [5.74, 6) is 1.92. The highest BCUT2D eigenvalue weighted by molar-refractivity contribution is 7.17. The third-order valence-corrected chi connectivity index (χ3v) is 5.99. The molecule has 0 atom stereocenters. The molecule has 34 heavy (non-hydrogen) atoms. The molecule has 0 amide bonds. The molecule has 9 nitrogen and oxygen atoms in total. The number of hydrogen-bond acceptors (Lipinski definition) is 9. The number of methoxy groups -OCH3 is 1. The molecular formula is C24H17N5O4S.